The Labute approximate surface area is 127 Å². The minimum absolute atomic E-state index is 0.0276. The molecule has 0 aromatic heterocycles. The third-order valence-electron chi connectivity index (χ3n) is 3.20. The molecule has 1 aromatic carbocycles. The number of amides is 1. The Morgan fingerprint density at radius 1 is 1.38 bits per heavy atom. The zero-order chi connectivity index (χ0) is 16.0. The minimum atomic E-state index is -4.05. The number of carbonyl (C=O) groups excluding carboxylic acids is 1. The van der Waals surface area contributed by atoms with Crippen molar-refractivity contribution < 1.29 is 18.1 Å². The van der Waals surface area contributed by atoms with Gasteiger partial charge in [0.15, 0.2) is 0 Å². The second-order valence-corrected chi connectivity index (χ2v) is 7.72. The van der Waals surface area contributed by atoms with E-state index in [4.69, 9.17) is 0 Å². The van der Waals surface area contributed by atoms with E-state index in [0.717, 1.165) is 16.4 Å². The maximum absolute atomic E-state index is 12.4. The molecule has 1 aromatic rings. The van der Waals surface area contributed by atoms with E-state index < -0.39 is 26.3 Å². The van der Waals surface area contributed by atoms with Gasteiger partial charge in [-0.15, -0.1) is 0 Å². The van der Waals surface area contributed by atoms with Crippen molar-refractivity contribution in [3.05, 3.63) is 33.9 Å². The molecule has 7 nitrogen and oxygen atoms in total. The predicted molar refractivity (Wildman–Crippen MR) is 79.0 cm³/mol. The summed E-state index contributed by atoms with van der Waals surface area (Å²) in [5.74, 6) is -0.266. The third kappa shape index (κ3) is 2.62. The van der Waals surface area contributed by atoms with Crippen LogP contribution < -0.4 is 0 Å². The highest BCUT2D eigenvalue weighted by atomic mass is 32.2. The smallest absolute Gasteiger partial charge is 0.268 e. The van der Waals surface area contributed by atoms with E-state index in [9.17, 15) is 23.3 Å². The molecule has 21 heavy (non-hydrogen) atoms. The fourth-order valence-corrected chi connectivity index (χ4v) is 3.85. The largest absolute Gasteiger partial charge is 0.270 e. The fourth-order valence-electron chi connectivity index (χ4n) is 1.97. The molecule has 0 bridgehead atoms. The number of nitrogens with zero attached hydrogens (tertiary/aromatic N) is 2. The Balaban J connectivity index is 2.52. The van der Waals surface area contributed by atoms with Crippen LogP contribution in [0.1, 0.15) is 24.2 Å². The van der Waals surface area contributed by atoms with Crippen molar-refractivity contribution in [2.75, 3.05) is 12.3 Å². The molecule has 0 saturated heterocycles. The SMILES string of the molecule is CC(C)(CS)CN1C(=O)c2ccc([N+](=O)[O-])cc2S1(=O)=O. The number of non-ortho nitro benzene ring substituents is 1. The Morgan fingerprint density at radius 3 is 2.52 bits per heavy atom. The number of hydrogen-bond donors (Lipinski definition) is 1. The first kappa shape index (κ1) is 15.8. The molecule has 0 spiro atoms. The summed E-state index contributed by atoms with van der Waals surface area (Å²) in [5.41, 5.74) is -0.893. The molecule has 1 heterocycles. The average molecular weight is 330 g/mol. The summed E-state index contributed by atoms with van der Waals surface area (Å²) in [6, 6.07) is 3.23. The number of benzene rings is 1. The Hall–Kier alpha value is -1.61. The van der Waals surface area contributed by atoms with Gasteiger partial charge in [-0.2, -0.15) is 12.6 Å². The van der Waals surface area contributed by atoms with Crippen LogP contribution >= 0.6 is 12.6 Å². The van der Waals surface area contributed by atoms with Gasteiger partial charge in [-0.25, -0.2) is 12.7 Å². The highest BCUT2D eigenvalue weighted by Gasteiger charge is 2.44. The highest BCUT2D eigenvalue weighted by molar-refractivity contribution is 7.90. The van der Waals surface area contributed by atoms with E-state index in [2.05, 4.69) is 12.6 Å². The maximum Gasteiger partial charge on any atom is 0.270 e. The molecule has 0 radical (unpaired) electrons. The second-order valence-electron chi connectivity index (χ2n) is 5.58. The molecule has 0 N–H and O–H groups in total. The molecule has 1 amide bonds. The topological polar surface area (TPSA) is 97.6 Å². The normalized spacial score (nSPS) is 16.9. The van der Waals surface area contributed by atoms with Gasteiger partial charge in [-0.3, -0.25) is 14.9 Å². The summed E-state index contributed by atoms with van der Waals surface area (Å²) in [5, 5.41) is 10.8. The van der Waals surface area contributed by atoms with Crippen molar-refractivity contribution in [2.45, 2.75) is 18.7 Å². The summed E-state index contributed by atoms with van der Waals surface area (Å²) in [4.78, 5) is 22.0. The Kier molecular flexibility index (Phi) is 3.75. The predicted octanol–water partition coefficient (Wildman–Crippen LogP) is 1.70. The van der Waals surface area contributed by atoms with Gasteiger partial charge < -0.3 is 0 Å². The fraction of sp³-hybridized carbons (Fsp3) is 0.417. The zero-order valence-electron chi connectivity index (χ0n) is 11.4. The monoisotopic (exact) mass is 330 g/mol. The van der Waals surface area contributed by atoms with Crippen molar-refractivity contribution in [1.29, 1.82) is 0 Å². The molecule has 0 atom stereocenters. The first-order valence-electron chi connectivity index (χ1n) is 6.06. The second kappa shape index (κ2) is 4.99. The number of thiol groups is 1. The zero-order valence-corrected chi connectivity index (χ0v) is 13.1. The quantitative estimate of drug-likeness (QED) is 0.515. The van der Waals surface area contributed by atoms with Crippen LogP contribution in [0.15, 0.2) is 23.1 Å². The van der Waals surface area contributed by atoms with Gasteiger partial charge in [0.1, 0.15) is 4.90 Å². The van der Waals surface area contributed by atoms with Crippen LogP contribution in [0.4, 0.5) is 5.69 Å². The van der Waals surface area contributed by atoms with Gasteiger partial charge in [-0.05, 0) is 17.2 Å². The molecule has 1 aliphatic rings. The van der Waals surface area contributed by atoms with E-state index in [1.165, 1.54) is 6.07 Å². The standard InChI is InChI=1S/C12H14N2O5S2/c1-12(2,7-20)6-13-11(15)9-4-3-8(14(16)17)5-10(9)21(13,18)19/h3-5,20H,6-7H2,1-2H3. The van der Waals surface area contributed by atoms with Gasteiger partial charge >= 0.3 is 0 Å². The van der Waals surface area contributed by atoms with Crippen molar-refractivity contribution in [3.63, 3.8) is 0 Å². The van der Waals surface area contributed by atoms with E-state index >= 15 is 0 Å². The number of sulfonamides is 1. The molecular weight excluding hydrogens is 316 g/mol. The summed E-state index contributed by atoms with van der Waals surface area (Å²) >= 11 is 4.14. The number of fused-ring (bicyclic) bond motifs is 1. The third-order valence-corrected chi connectivity index (χ3v) is 5.83. The van der Waals surface area contributed by atoms with E-state index in [1.54, 1.807) is 13.8 Å². The Bertz CT molecular complexity index is 727. The summed E-state index contributed by atoms with van der Waals surface area (Å²) in [6.07, 6.45) is 0. The number of carbonyl (C=O) groups is 1. The van der Waals surface area contributed by atoms with E-state index in [0.29, 0.717) is 5.75 Å². The average Bonchev–Trinajstić information content (AvgIpc) is 2.59. The van der Waals surface area contributed by atoms with E-state index in [1.807, 2.05) is 0 Å². The lowest BCUT2D eigenvalue weighted by Gasteiger charge is -2.27. The van der Waals surface area contributed by atoms with Crippen LogP contribution in [0.2, 0.25) is 0 Å². The van der Waals surface area contributed by atoms with Crippen LogP contribution in [0.3, 0.4) is 0 Å². The number of hydrogen-bond acceptors (Lipinski definition) is 6. The molecule has 114 valence electrons. The van der Waals surface area contributed by atoms with Gasteiger partial charge in [0.05, 0.1) is 10.5 Å². The lowest BCUT2D eigenvalue weighted by atomic mass is 9.96. The highest BCUT2D eigenvalue weighted by Crippen LogP contribution is 2.35. The van der Waals surface area contributed by atoms with Gasteiger partial charge in [0.2, 0.25) is 0 Å². The number of nitro benzene ring substituents is 1. The van der Waals surface area contributed by atoms with Crippen LogP contribution in [0, 0.1) is 15.5 Å². The van der Waals surface area contributed by atoms with E-state index in [-0.39, 0.29) is 22.7 Å². The summed E-state index contributed by atoms with van der Waals surface area (Å²) in [7, 11) is -4.05. The molecule has 0 saturated carbocycles. The first-order valence-corrected chi connectivity index (χ1v) is 8.14. The first-order chi connectivity index (χ1) is 9.60. The molecule has 9 heteroatoms. The minimum Gasteiger partial charge on any atom is -0.268 e. The van der Waals surface area contributed by atoms with Crippen LogP contribution in [0.25, 0.3) is 0 Å². The maximum atomic E-state index is 12.4. The van der Waals surface area contributed by atoms with Crippen LogP contribution in [-0.2, 0) is 10.0 Å². The van der Waals surface area contributed by atoms with Crippen molar-refractivity contribution in [1.82, 2.24) is 4.31 Å². The van der Waals surface area contributed by atoms with Crippen LogP contribution in [-0.4, -0.2) is 35.9 Å². The molecule has 2 rings (SSSR count). The lowest BCUT2D eigenvalue weighted by Crippen LogP contribution is -2.39. The molecule has 1 aliphatic heterocycles. The summed E-state index contributed by atoms with van der Waals surface area (Å²) < 4.78 is 25.6. The Morgan fingerprint density at radius 2 is 2.00 bits per heavy atom. The van der Waals surface area contributed by atoms with Crippen molar-refractivity contribution >= 4 is 34.2 Å². The molecular formula is C12H14N2O5S2. The van der Waals surface area contributed by atoms with Gasteiger partial charge in [0.25, 0.3) is 21.6 Å². The number of nitro groups is 1. The van der Waals surface area contributed by atoms with Gasteiger partial charge in [0, 0.05) is 18.7 Å². The molecule has 0 unspecified atom stereocenters. The van der Waals surface area contributed by atoms with Crippen LogP contribution in [0.5, 0.6) is 0 Å². The summed E-state index contributed by atoms with van der Waals surface area (Å²) in [6.45, 7) is 3.54. The lowest BCUT2D eigenvalue weighted by molar-refractivity contribution is -0.385. The molecule has 0 aliphatic carbocycles. The molecule has 0 fully saturated rings. The van der Waals surface area contributed by atoms with Crippen molar-refractivity contribution in [2.24, 2.45) is 5.41 Å². The van der Waals surface area contributed by atoms with Gasteiger partial charge in [-0.1, -0.05) is 13.8 Å². The number of rotatable bonds is 4. The van der Waals surface area contributed by atoms with Crippen molar-refractivity contribution in [3.8, 4) is 0 Å².